The molecule has 5 aromatic carbocycles. The lowest BCUT2D eigenvalue weighted by Crippen LogP contribution is -2.16. The van der Waals surface area contributed by atoms with Gasteiger partial charge < -0.3 is 0 Å². The molecule has 2 nitrogen and oxygen atoms in total. The monoisotopic (exact) mass is 592 g/mol. The SMILES string of the molecule is C=CC1=C(/C=C\C)C(C)(C)c2ccc(-c3ccc(-c4cc(-c5ccc(-c6ccccc6)cc5)nc(-c5ccccc5)n4)cc3)cc21. The van der Waals surface area contributed by atoms with Crippen molar-refractivity contribution in [3.63, 3.8) is 0 Å². The molecule has 0 bridgehead atoms. The average Bonchev–Trinajstić information content (AvgIpc) is 3.33. The normalized spacial score (nSPS) is 13.6. The van der Waals surface area contributed by atoms with E-state index in [1.807, 2.05) is 30.3 Å². The van der Waals surface area contributed by atoms with Crippen LogP contribution < -0.4 is 0 Å². The van der Waals surface area contributed by atoms with Crippen molar-refractivity contribution in [2.75, 3.05) is 0 Å². The molecular formula is C44H36N2. The van der Waals surface area contributed by atoms with Crippen LogP contribution in [0.1, 0.15) is 31.9 Å². The third-order valence-electron chi connectivity index (χ3n) is 9.04. The fourth-order valence-corrected chi connectivity index (χ4v) is 6.56. The zero-order chi connectivity index (χ0) is 31.7. The Morgan fingerprint density at radius 2 is 1.02 bits per heavy atom. The van der Waals surface area contributed by atoms with Crippen molar-refractivity contribution in [1.29, 1.82) is 0 Å². The first-order chi connectivity index (χ1) is 22.5. The van der Waals surface area contributed by atoms with Crippen molar-refractivity contribution >= 4 is 5.57 Å². The highest BCUT2D eigenvalue weighted by molar-refractivity contribution is 5.89. The predicted octanol–water partition coefficient (Wildman–Crippen LogP) is 11.6. The molecule has 0 N–H and O–H groups in total. The molecule has 1 heterocycles. The van der Waals surface area contributed by atoms with Crippen molar-refractivity contribution in [3.05, 3.63) is 175 Å². The quantitative estimate of drug-likeness (QED) is 0.184. The maximum absolute atomic E-state index is 5.04. The summed E-state index contributed by atoms with van der Waals surface area (Å²) in [7, 11) is 0. The Hall–Kier alpha value is -5.60. The summed E-state index contributed by atoms with van der Waals surface area (Å²) in [5, 5.41) is 0. The van der Waals surface area contributed by atoms with E-state index < -0.39 is 0 Å². The lowest BCUT2D eigenvalue weighted by molar-refractivity contribution is 0.654. The molecule has 7 rings (SSSR count). The fraction of sp³-hybridized carbons (Fsp3) is 0.0909. The molecule has 0 saturated carbocycles. The van der Waals surface area contributed by atoms with Crippen LogP contribution in [-0.2, 0) is 5.41 Å². The van der Waals surface area contributed by atoms with E-state index in [1.165, 1.54) is 44.5 Å². The molecule has 1 aliphatic rings. The summed E-state index contributed by atoms with van der Waals surface area (Å²) in [6.45, 7) is 10.8. The number of benzene rings is 5. The Morgan fingerprint density at radius 1 is 0.543 bits per heavy atom. The van der Waals surface area contributed by atoms with E-state index in [1.54, 1.807) is 0 Å². The van der Waals surface area contributed by atoms with E-state index in [2.05, 4.69) is 149 Å². The van der Waals surface area contributed by atoms with Gasteiger partial charge in [0, 0.05) is 22.1 Å². The van der Waals surface area contributed by atoms with Gasteiger partial charge in [0.15, 0.2) is 5.82 Å². The maximum atomic E-state index is 5.04. The van der Waals surface area contributed by atoms with E-state index in [4.69, 9.17) is 9.97 Å². The van der Waals surface area contributed by atoms with Crippen LogP contribution in [0.3, 0.4) is 0 Å². The van der Waals surface area contributed by atoms with Gasteiger partial charge in [-0.15, -0.1) is 0 Å². The van der Waals surface area contributed by atoms with Gasteiger partial charge in [-0.05, 0) is 63.6 Å². The number of fused-ring (bicyclic) bond motifs is 1. The zero-order valence-electron chi connectivity index (χ0n) is 26.5. The summed E-state index contributed by atoms with van der Waals surface area (Å²) < 4.78 is 0. The molecule has 0 atom stereocenters. The molecule has 0 saturated heterocycles. The largest absolute Gasteiger partial charge is 0.228 e. The van der Waals surface area contributed by atoms with Gasteiger partial charge in [0.25, 0.3) is 0 Å². The van der Waals surface area contributed by atoms with Crippen LogP contribution in [0.5, 0.6) is 0 Å². The third kappa shape index (κ3) is 5.33. The molecule has 0 spiro atoms. The standard InChI is InChI=1S/C44H36N2/c1-5-13-39-37(6-2)38-28-36(26-27-40(38)44(39,3)4)32-20-24-34(25-21-32)42-29-41(45-43(46-42)35-16-11-8-12-17-35)33-22-18-31(19-23-33)30-14-9-7-10-15-30/h5-29H,2H2,1,3-4H3/b13-5-. The highest BCUT2D eigenvalue weighted by Gasteiger charge is 2.35. The molecule has 1 aliphatic carbocycles. The molecule has 0 unspecified atom stereocenters. The number of nitrogens with zero attached hydrogens (tertiary/aromatic N) is 2. The topological polar surface area (TPSA) is 25.8 Å². The lowest BCUT2D eigenvalue weighted by Gasteiger charge is -2.23. The third-order valence-corrected chi connectivity index (χ3v) is 9.04. The highest BCUT2D eigenvalue weighted by Crippen LogP contribution is 2.48. The summed E-state index contributed by atoms with van der Waals surface area (Å²) in [5.41, 5.74) is 14.7. The maximum Gasteiger partial charge on any atom is 0.160 e. The lowest BCUT2D eigenvalue weighted by atomic mass is 9.80. The van der Waals surface area contributed by atoms with E-state index in [0.717, 1.165) is 28.1 Å². The summed E-state index contributed by atoms with van der Waals surface area (Å²) >= 11 is 0. The Labute approximate surface area is 272 Å². The molecule has 222 valence electrons. The molecule has 46 heavy (non-hydrogen) atoms. The summed E-state index contributed by atoms with van der Waals surface area (Å²) in [6.07, 6.45) is 6.35. The van der Waals surface area contributed by atoms with Gasteiger partial charge >= 0.3 is 0 Å². The first-order valence-corrected chi connectivity index (χ1v) is 15.8. The second-order valence-electron chi connectivity index (χ2n) is 12.3. The van der Waals surface area contributed by atoms with Gasteiger partial charge in [0.1, 0.15) is 0 Å². The smallest absolute Gasteiger partial charge is 0.160 e. The molecule has 0 amide bonds. The van der Waals surface area contributed by atoms with Gasteiger partial charge in [-0.3, -0.25) is 0 Å². The van der Waals surface area contributed by atoms with Crippen molar-refractivity contribution in [1.82, 2.24) is 9.97 Å². The second-order valence-corrected chi connectivity index (χ2v) is 12.3. The fourth-order valence-electron chi connectivity index (χ4n) is 6.56. The van der Waals surface area contributed by atoms with Crippen molar-refractivity contribution in [3.8, 4) is 56.2 Å². The van der Waals surface area contributed by atoms with Crippen LogP contribution in [0, 0.1) is 0 Å². The molecule has 0 radical (unpaired) electrons. The molecule has 0 fully saturated rings. The Morgan fingerprint density at radius 3 is 1.57 bits per heavy atom. The van der Waals surface area contributed by atoms with Crippen molar-refractivity contribution in [2.45, 2.75) is 26.2 Å². The predicted molar refractivity (Wildman–Crippen MR) is 194 cm³/mol. The van der Waals surface area contributed by atoms with Crippen LogP contribution in [0.25, 0.3) is 61.7 Å². The van der Waals surface area contributed by atoms with Gasteiger partial charge in [-0.2, -0.15) is 0 Å². The Balaban J connectivity index is 1.26. The van der Waals surface area contributed by atoms with Crippen molar-refractivity contribution < 1.29 is 0 Å². The van der Waals surface area contributed by atoms with Crippen LogP contribution in [0.4, 0.5) is 0 Å². The average molecular weight is 593 g/mol. The summed E-state index contributed by atoms with van der Waals surface area (Å²) in [4.78, 5) is 10.1. The minimum Gasteiger partial charge on any atom is -0.228 e. The summed E-state index contributed by atoms with van der Waals surface area (Å²) in [5.74, 6) is 0.714. The van der Waals surface area contributed by atoms with E-state index in [0.29, 0.717) is 5.82 Å². The van der Waals surface area contributed by atoms with E-state index >= 15 is 0 Å². The Bertz CT molecular complexity index is 2100. The first kappa shape index (κ1) is 29.1. The molecule has 0 aliphatic heterocycles. The van der Waals surface area contributed by atoms with Gasteiger partial charge in [0.05, 0.1) is 11.4 Å². The number of hydrogen-bond donors (Lipinski definition) is 0. The number of aromatic nitrogens is 2. The molecular weight excluding hydrogens is 556 g/mol. The minimum absolute atomic E-state index is 0.0587. The molecule has 6 aromatic rings. The van der Waals surface area contributed by atoms with Crippen LogP contribution in [0.2, 0.25) is 0 Å². The van der Waals surface area contributed by atoms with Crippen molar-refractivity contribution in [2.24, 2.45) is 0 Å². The van der Waals surface area contributed by atoms with Gasteiger partial charge in [0.2, 0.25) is 0 Å². The summed E-state index contributed by atoms with van der Waals surface area (Å²) in [6, 6.07) is 46.9. The highest BCUT2D eigenvalue weighted by atomic mass is 14.9. The first-order valence-electron chi connectivity index (χ1n) is 15.8. The van der Waals surface area contributed by atoms with Crippen LogP contribution in [0.15, 0.2) is 164 Å². The number of rotatable bonds is 7. The molecule has 1 aromatic heterocycles. The van der Waals surface area contributed by atoms with Crippen LogP contribution in [-0.4, -0.2) is 9.97 Å². The van der Waals surface area contributed by atoms with E-state index in [9.17, 15) is 0 Å². The number of hydrogen-bond acceptors (Lipinski definition) is 2. The van der Waals surface area contributed by atoms with Gasteiger partial charge in [-0.25, -0.2) is 9.97 Å². The van der Waals surface area contributed by atoms with E-state index in [-0.39, 0.29) is 5.41 Å². The van der Waals surface area contributed by atoms with Gasteiger partial charge in [-0.1, -0.05) is 160 Å². The molecule has 2 heteroatoms. The van der Waals surface area contributed by atoms with Crippen LogP contribution >= 0.6 is 0 Å². The zero-order valence-corrected chi connectivity index (χ0v) is 26.5. The second kappa shape index (κ2) is 12.1. The number of allylic oxidation sites excluding steroid dienone is 5. The Kier molecular flexibility index (Phi) is 7.64. The minimum atomic E-state index is -0.0587.